The molecule has 0 saturated heterocycles. The summed E-state index contributed by atoms with van der Waals surface area (Å²) in [7, 11) is 0. The molecule has 1 heteroatoms. The molecular weight excluding hydrogens is 218 g/mol. The van der Waals surface area contributed by atoms with Crippen LogP contribution in [0.4, 0.5) is 0 Å². The smallest absolute Gasteiger partial charge is 0.0322 e. The Morgan fingerprint density at radius 1 is 1.11 bits per heavy atom. The maximum atomic E-state index is 3.81. The van der Waals surface area contributed by atoms with E-state index in [4.69, 9.17) is 0 Å². The normalized spacial score (nSPS) is 18.4. The molecule has 1 unspecified atom stereocenters. The predicted octanol–water partition coefficient (Wildman–Crippen LogP) is 4.55. The second-order valence-electron chi connectivity index (χ2n) is 6.15. The Kier molecular flexibility index (Phi) is 5.25. The van der Waals surface area contributed by atoms with E-state index in [1.807, 2.05) is 0 Å². The zero-order valence-electron chi connectivity index (χ0n) is 11.9. The van der Waals surface area contributed by atoms with Crippen molar-refractivity contribution in [1.29, 1.82) is 0 Å². The van der Waals surface area contributed by atoms with Crippen LogP contribution in [0.3, 0.4) is 0 Å². The van der Waals surface area contributed by atoms with Gasteiger partial charge >= 0.3 is 0 Å². The molecule has 1 fully saturated rings. The molecule has 1 saturated carbocycles. The van der Waals surface area contributed by atoms with E-state index >= 15 is 0 Å². The predicted molar refractivity (Wildman–Crippen MR) is 78.6 cm³/mol. The van der Waals surface area contributed by atoms with Crippen LogP contribution in [0.15, 0.2) is 30.3 Å². The van der Waals surface area contributed by atoms with Gasteiger partial charge in [0.15, 0.2) is 0 Å². The van der Waals surface area contributed by atoms with Crippen LogP contribution in [0.1, 0.15) is 57.6 Å². The van der Waals surface area contributed by atoms with Crippen LogP contribution in [-0.4, -0.2) is 6.54 Å². The molecule has 1 N–H and O–H groups in total. The zero-order valence-corrected chi connectivity index (χ0v) is 11.9. The fourth-order valence-electron chi connectivity index (χ4n) is 3.02. The maximum Gasteiger partial charge on any atom is 0.0322 e. The van der Waals surface area contributed by atoms with Gasteiger partial charge in [-0.15, -0.1) is 0 Å². The molecule has 0 amide bonds. The van der Waals surface area contributed by atoms with Crippen LogP contribution in [0.5, 0.6) is 0 Å². The maximum absolute atomic E-state index is 3.81. The molecule has 0 heterocycles. The van der Waals surface area contributed by atoms with E-state index in [2.05, 4.69) is 49.5 Å². The Balaban J connectivity index is 1.92. The van der Waals surface area contributed by atoms with Gasteiger partial charge in [0.1, 0.15) is 0 Å². The summed E-state index contributed by atoms with van der Waals surface area (Å²) in [6, 6.07) is 11.5. The highest BCUT2D eigenvalue weighted by atomic mass is 14.9. The molecule has 2 rings (SSSR count). The topological polar surface area (TPSA) is 12.0 Å². The summed E-state index contributed by atoms with van der Waals surface area (Å²) in [6.07, 6.45) is 6.96. The zero-order chi connectivity index (χ0) is 12.8. The van der Waals surface area contributed by atoms with E-state index in [1.54, 1.807) is 0 Å². The number of hydrogen-bond donors (Lipinski definition) is 1. The standard InChI is InChI=1S/C17H27N/c1-14(2)12-17(16-10-4-3-5-11-16)18-13-15-8-6-7-9-15/h3-5,10-11,14-15,17-18H,6-9,12-13H2,1-2H3. The average Bonchev–Trinajstić information content (AvgIpc) is 2.88. The van der Waals surface area contributed by atoms with Crippen LogP contribution in [0.25, 0.3) is 0 Å². The number of rotatable bonds is 6. The monoisotopic (exact) mass is 245 g/mol. The number of hydrogen-bond acceptors (Lipinski definition) is 1. The van der Waals surface area contributed by atoms with Gasteiger partial charge in [0, 0.05) is 6.04 Å². The molecule has 1 nitrogen and oxygen atoms in total. The summed E-state index contributed by atoms with van der Waals surface area (Å²) >= 11 is 0. The first kappa shape index (κ1) is 13.6. The molecule has 1 atom stereocenters. The Hall–Kier alpha value is -0.820. The third-order valence-corrected chi connectivity index (χ3v) is 4.04. The van der Waals surface area contributed by atoms with Crippen molar-refractivity contribution >= 4 is 0 Å². The van der Waals surface area contributed by atoms with Crippen molar-refractivity contribution in [3.05, 3.63) is 35.9 Å². The molecule has 0 aliphatic heterocycles. The van der Waals surface area contributed by atoms with Crippen molar-refractivity contribution in [2.75, 3.05) is 6.54 Å². The molecule has 100 valence electrons. The van der Waals surface area contributed by atoms with Gasteiger partial charge in [0.25, 0.3) is 0 Å². The van der Waals surface area contributed by atoms with Crippen LogP contribution >= 0.6 is 0 Å². The Morgan fingerprint density at radius 2 is 1.78 bits per heavy atom. The average molecular weight is 245 g/mol. The molecule has 0 aromatic heterocycles. The Labute approximate surface area is 112 Å². The molecule has 1 aromatic rings. The lowest BCUT2D eigenvalue weighted by Gasteiger charge is -2.23. The highest BCUT2D eigenvalue weighted by Gasteiger charge is 2.18. The Bertz CT molecular complexity index is 325. The highest BCUT2D eigenvalue weighted by Crippen LogP contribution is 2.26. The van der Waals surface area contributed by atoms with Crippen LogP contribution in [0, 0.1) is 11.8 Å². The lowest BCUT2D eigenvalue weighted by molar-refractivity contribution is 0.388. The number of benzene rings is 1. The third-order valence-electron chi connectivity index (χ3n) is 4.04. The van der Waals surface area contributed by atoms with E-state index < -0.39 is 0 Å². The van der Waals surface area contributed by atoms with Crippen LogP contribution < -0.4 is 5.32 Å². The summed E-state index contributed by atoms with van der Waals surface area (Å²) in [4.78, 5) is 0. The summed E-state index contributed by atoms with van der Waals surface area (Å²) in [6.45, 7) is 5.83. The van der Waals surface area contributed by atoms with Crippen molar-refractivity contribution < 1.29 is 0 Å². The first-order valence-corrected chi connectivity index (χ1v) is 7.54. The minimum atomic E-state index is 0.534. The van der Waals surface area contributed by atoms with Crippen molar-refractivity contribution in [3.63, 3.8) is 0 Å². The quantitative estimate of drug-likeness (QED) is 0.775. The fourth-order valence-corrected chi connectivity index (χ4v) is 3.02. The van der Waals surface area contributed by atoms with Gasteiger partial charge in [-0.3, -0.25) is 0 Å². The van der Waals surface area contributed by atoms with Crippen molar-refractivity contribution in [1.82, 2.24) is 5.32 Å². The molecule has 0 spiro atoms. The molecular formula is C17H27N. The molecule has 0 radical (unpaired) electrons. The summed E-state index contributed by atoms with van der Waals surface area (Å²) in [5, 5.41) is 3.81. The molecule has 1 aromatic carbocycles. The van der Waals surface area contributed by atoms with Crippen molar-refractivity contribution in [2.45, 2.75) is 52.0 Å². The second-order valence-corrected chi connectivity index (χ2v) is 6.15. The van der Waals surface area contributed by atoms with E-state index in [0.29, 0.717) is 6.04 Å². The summed E-state index contributed by atoms with van der Waals surface area (Å²) < 4.78 is 0. The van der Waals surface area contributed by atoms with Gasteiger partial charge in [-0.05, 0) is 43.2 Å². The van der Waals surface area contributed by atoms with Gasteiger partial charge < -0.3 is 5.32 Å². The Morgan fingerprint density at radius 3 is 2.39 bits per heavy atom. The largest absolute Gasteiger partial charge is 0.310 e. The minimum absolute atomic E-state index is 0.534. The van der Waals surface area contributed by atoms with Gasteiger partial charge in [-0.25, -0.2) is 0 Å². The fraction of sp³-hybridized carbons (Fsp3) is 0.647. The SMILES string of the molecule is CC(C)CC(NCC1CCCC1)c1ccccc1. The van der Waals surface area contributed by atoms with E-state index in [1.165, 1.54) is 44.2 Å². The first-order valence-electron chi connectivity index (χ1n) is 7.54. The molecule has 18 heavy (non-hydrogen) atoms. The summed E-state index contributed by atoms with van der Waals surface area (Å²) in [5.74, 6) is 1.66. The number of nitrogens with one attached hydrogen (secondary N) is 1. The van der Waals surface area contributed by atoms with Crippen LogP contribution in [-0.2, 0) is 0 Å². The van der Waals surface area contributed by atoms with Crippen molar-refractivity contribution in [3.8, 4) is 0 Å². The third kappa shape index (κ3) is 4.13. The van der Waals surface area contributed by atoms with Gasteiger partial charge in [-0.1, -0.05) is 57.0 Å². The molecule has 0 bridgehead atoms. The van der Waals surface area contributed by atoms with Gasteiger partial charge in [-0.2, -0.15) is 0 Å². The lowest BCUT2D eigenvalue weighted by atomic mass is 9.96. The van der Waals surface area contributed by atoms with Crippen molar-refractivity contribution in [2.24, 2.45) is 11.8 Å². The molecule has 1 aliphatic carbocycles. The second kappa shape index (κ2) is 6.94. The van der Waals surface area contributed by atoms with E-state index in [9.17, 15) is 0 Å². The lowest BCUT2D eigenvalue weighted by Crippen LogP contribution is -2.27. The summed E-state index contributed by atoms with van der Waals surface area (Å²) in [5.41, 5.74) is 1.45. The highest BCUT2D eigenvalue weighted by molar-refractivity contribution is 5.18. The van der Waals surface area contributed by atoms with Gasteiger partial charge in [0.2, 0.25) is 0 Å². The first-order chi connectivity index (χ1) is 8.75. The minimum Gasteiger partial charge on any atom is -0.310 e. The van der Waals surface area contributed by atoms with E-state index in [0.717, 1.165) is 11.8 Å². The van der Waals surface area contributed by atoms with Crippen LogP contribution in [0.2, 0.25) is 0 Å². The molecule has 1 aliphatic rings. The van der Waals surface area contributed by atoms with E-state index in [-0.39, 0.29) is 0 Å². The van der Waals surface area contributed by atoms with Gasteiger partial charge in [0.05, 0.1) is 0 Å².